The molecule has 2 fully saturated rings. The van der Waals surface area contributed by atoms with Crippen molar-refractivity contribution in [1.29, 1.82) is 0 Å². The van der Waals surface area contributed by atoms with Gasteiger partial charge in [-0.1, -0.05) is 12.1 Å². The monoisotopic (exact) mass is 464 g/mol. The SMILES string of the molecule is FC(F)(F)c1cc(N2CCCCC2)nc(NC(=S)NCc2ccc(N3CCCC3)cc2)n1. The minimum absolute atomic E-state index is 0.151. The summed E-state index contributed by atoms with van der Waals surface area (Å²) in [5.74, 6) is 0.122. The molecule has 2 N–H and O–H groups in total. The van der Waals surface area contributed by atoms with Crippen molar-refractivity contribution in [3.8, 4) is 0 Å². The highest BCUT2D eigenvalue weighted by Crippen LogP contribution is 2.31. The van der Waals surface area contributed by atoms with Gasteiger partial charge in [0.15, 0.2) is 10.8 Å². The second kappa shape index (κ2) is 9.89. The third-order valence-corrected chi connectivity index (χ3v) is 6.02. The van der Waals surface area contributed by atoms with Crippen molar-refractivity contribution in [2.75, 3.05) is 41.3 Å². The van der Waals surface area contributed by atoms with Crippen LogP contribution in [0, 0.1) is 0 Å². The molecule has 4 rings (SSSR count). The first-order chi connectivity index (χ1) is 15.4. The van der Waals surface area contributed by atoms with E-state index in [4.69, 9.17) is 12.2 Å². The van der Waals surface area contributed by atoms with E-state index < -0.39 is 11.9 Å². The average molecular weight is 465 g/mol. The molecule has 3 heterocycles. The Morgan fingerprint density at radius 2 is 1.53 bits per heavy atom. The summed E-state index contributed by atoms with van der Waals surface area (Å²) in [5, 5.41) is 5.93. The van der Waals surface area contributed by atoms with E-state index in [-0.39, 0.29) is 16.9 Å². The minimum Gasteiger partial charge on any atom is -0.372 e. The Hall–Kier alpha value is -2.62. The Bertz CT molecular complexity index is 922. The van der Waals surface area contributed by atoms with Gasteiger partial charge in [0.1, 0.15) is 5.82 Å². The summed E-state index contributed by atoms with van der Waals surface area (Å²) in [6.07, 6.45) is 0.831. The maximum atomic E-state index is 13.4. The third kappa shape index (κ3) is 5.79. The molecule has 0 saturated carbocycles. The largest absolute Gasteiger partial charge is 0.433 e. The molecule has 2 aliphatic rings. The third-order valence-electron chi connectivity index (χ3n) is 5.77. The number of alkyl halides is 3. The lowest BCUT2D eigenvalue weighted by Crippen LogP contribution is -2.32. The maximum absolute atomic E-state index is 13.4. The van der Waals surface area contributed by atoms with Crippen molar-refractivity contribution >= 4 is 34.8 Å². The zero-order chi connectivity index (χ0) is 22.6. The smallest absolute Gasteiger partial charge is 0.372 e. The first-order valence-electron chi connectivity index (χ1n) is 11.0. The topological polar surface area (TPSA) is 56.3 Å². The normalized spacial score (nSPS) is 16.8. The number of piperidine rings is 1. The Kier molecular flexibility index (Phi) is 6.98. The maximum Gasteiger partial charge on any atom is 0.433 e. The highest BCUT2D eigenvalue weighted by Gasteiger charge is 2.34. The first kappa shape index (κ1) is 22.6. The molecular formula is C22H27F3N6S. The second-order valence-corrected chi connectivity index (χ2v) is 8.56. The number of rotatable bonds is 5. The van der Waals surface area contributed by atoms with Gasteiger partial charge < -0.3 is 20.4 Å². The fourth-order valence-electron chi connectivity index (χ4n) is 4.05. The summed E-state index contributed by atoms with van der Waals surface area (Å²) in [6, 6.07) is 9.23. The lowest BCUT2D eigenvalue weighted by atomic mass is 10.1. The summed E-state index contributed by atoms with van der Waals surface area (Å²) in [4.78, 5) is 12.2. The highest BCUT2D eigenvalue weighted by molar-refractivity contribution is 7.80. The number of hydrogen-bond donors (Lipinski definition) is 2. The van der Waals surface area contributed by atoms with E-state index in [0.717, 1.165) is 44.0 Å². The molecule has 32 heavy (non-hydrogen) atoms. The first-order valence-corrected chi connectivity index (χ1v) is 11.4. The average Bonchev–Trinajstić information content (AvgIpc) is 3.33. The number of halogens is 3. The number of benzene rings is 1. The van der Waals surface area contributed by atoms with Crippen LogP contribution in [0.5, 0.6) is 0 Å². The van der Waals surface area contributed by atoms with E-state index in [9.17, 15) is 13.2 Å². The summed E-state index contributed by atoms with van der Waals surface area (Å²) < 4.78 is 40.1. The molecule has 0 radical (unpaired) electrons. The number of anilines is 3. The van der Waals surface area contributed by atoms with E-state index in [1.54, 1.807) is 0 Å². The zero-order valence-electron chi connectivity index (χ0n) is 17.8. The van der Waals surface area contributed by atoms with E-state index >= 15 is 0 Å². The van der Waals surface area contributed by atoms with Crippen molar-refractivity contribution in [2.24, 2.45) is 0 Å². The van der Waals surface area contributed by atoms with Crippen molar-refractivity contribution in [3.05, 3.63) is 41.6 Å². The molecular weight excluding hydrogens is 437 g/mol. The van der Waals surface area contributed by atoms with Gasteiger partial charge in [-0.05, 0) is 62.0 Å². The van der Waals surface area contributed by atoms with Gasteiger partial charge in [0, 0.05) is 44.5 Å². The second-order valence-electron chi connectivity index (χ2n) is 8.15. The van der Waals surface area contributed by atoms with Crippen LogP contribution in [0.1, 0.15) is 43.4 Å². The molecule has 2 saturated heterocycles. The number of nitrogens with one attached hydrogen (secondary N) is 2. The Labute approximate surface area is 191 Å². The molecule has 1 aromatic heterocycles. The summed E-state index contributed by atoms with van der Waals surface area (Å²) >= 11 is 5.28. The standard InChI is InChI=1S/C22H27F3N6S/c23-22(24,25)18-14-19(31-12-2-1-3-13-31)28-20(27-18)29-21(32)26-15-16-6-8-17(9-7-16)30-10-4-5-11-30/h6-9,14H,1-5,10-13,15H2,(H2,26,27,28,29,32). The number of nitrogens with zero attached hydrogens (tertiary/aromatic N) is 4. The molecule has 10 heteroatoms. The van der Waals surface area contributed by atoms with Crippen molar-refractivity contribution in [1.82, 2.24) is 15.3 Å². The molecule has 0 bridgehead atoms. The Morgan fingerprint density at radius 1 is 0.906 bits per heavy atom. The fourth-order valence-corrected chi connectivity index (χ4v) is 4.21. The predicted octanol–water partition coefficient (Wildman–Crippen LogP) is 4.57. The summed E-state index contributed by atoms with van der Waals surface area (Å²) in [7, 11) is 0. The van der Waals surface area contributed by atoms with Crippen LogP contribution in [0.3, 0.4) is 0 Å². The van der Waals surface area contributed by atoms with Gasteiger partial charge in [-0.15, -0.1) is 0 Å². The van der Waals surface area contributed by atoms with E-state index in [1.807, 2.05) is 17.0 Å². The van der Waals surface area contributed by atoms with Gasteiger partial charge in [0.25, 0.3) is 0 Å². The van der Waals surface area contributed by atoms with Crippen LogP contribution in [0.4, 0.5) is 30.6 Å². The molecule has 0 amide bonds. The van der Waals surface area contributed by atoms with Gasteiger partial charge in [-0.2, -0.15) is 18.2 Å². The molecule has 2 aromatic rings. The van der Waals surface area contributed by atoms with Crippen molar-refractivity contribution in [3.63, 3.8) is 0 Å². The van der Waals surface area contributed by atoms with Crippen LogP contribution >= 0.6 is 12.2 Å². The van der Waals surface area contributed by atoms with Crippen LogP contribution < -0.4 is 20.4 Å². The summed E-state index contributed by atoms with van der Waals surface area (Å²) in [6.45, 7) is 3.99. The fraction of sp³-hybridized carbons (Fsp3) is 0.500. The molecule has 6 nitrogen and oxygen atoms in total. The van der Waals surface area contributed by atoms with Crippen molar-refractivity contribution < 1.29 is 13.2 Å². The van der Waals surface area contributed by atoms with E-state index in [1.165, 1.54) is 18.5 Å². The van der Waals surface area contributed by atoms with Crippen LogP contribution in [-0.4, -0.2) is 41.3 Å². The lowest BCUT2D eigenvalue weighted by Gasteiger charge is -2.28. The Morgan fingerprint density at radius 3 is 2.19 bits per heavy atom. The molecule has 172 valence electrons. The molecule has 2 aliphatic heterocycles. The van der Waals surface area contributed by atoms with Gasteiger partial charge in [-0.25, -0.2) is 4.98 Å². The minimum atomic E-state index is -4.56. The molecule has 0 atom stereocenters. The van der Waals surface area contributed by atoms with Crippen LogP contribution in [0.25, 0.3) is 0 Å². The number of aromatic nitrogens is 2. The molecule has 0 aliphatic carbocycles. The van der Waals surface area contributed by atoms with Crippen LogP contribution in [0.2, 0.25) is 0 Å². The number of hydrogen-bond acceptors (Lipinski definition) is 5. The van der Waals surface area contributed by atoms with Gasteiger partial charge in [0.05, 0.1) is 0 Å². The van der Waals surface area contributed by atoms with E-state index in [0.29, 0.717) is 19.6 Å². The summed E-state index contributed by atoms with van der Waals surface area (Å²) in [5.41, 5.74) is 1.25. The molecule has 1 aromatic carbocycles. The van der Waals surface area contributed by atoms with Gasteiger partial charge in [0.2, 0.25) is 5.95 Å². The van der Waals surface area contributed by atoms with Gasteiger partial charge >= 0.3 is 6.18 Å². The van der Waals surface area contributed by atoms with E-state index in [2.05, 4.69) is 37.6 Å². The zero-order valence-corrected chi connectivity index (χ0v) is 18.6. The lowest BCUT2D eigenvalue weighted by molar-refractivity contribution is -0.141. The van der Waals surface area contributed by atoms with Gasteiger partial charge in [-0.3, -0.25) is 0 Å². The predicted molar refractivity (Wildman–Crippen MR) is 124 cm³/mol. The molecule has 0 unspecified atom stereocenters. The van der Waals surface area contributed by atoms with Crippen LogP contribution in [-0.2, 0) is 12.7 Å². The molecule has 0 spiro atoms. The quantitative estimate of drug-likeness (QED) is 0.629. The number of thiocarbonyl (C=S) groups is 1. The van der Waals surface area contributed by atoms with Crippen LogP contribution in [0.15, 0.2) is 30.3 Å². The van der Waals surface area contributed by atoms with Crippen molar-refractivity contribution in [2.45, 2.75) is 44.8 Å². The Balaban J connectivity index is 1.39. The highest BCUT2D eigenvalue weighted by atomic mass is 32.1.